The van der Waals surface area contributed by atoms with Gasteiger partial charge in [-0.3, -0.25) is 4.79 Å². The fourth-order valence-electron chi connectivity index (χ4n) is 2.61. The molecule has 2 N–H and O–H groups in total. The molecule has 0 spiro atoms. The Bertz CT molecular complexity index is 1010. The predicted molar refractivity (Wildman–Crippen MR) is 112 cm³/mol. The van der Waals surface area contributed by atoms with E-state index in [4.69, 9.17) is 11.6 Å². The van der Waals surface area contributed by atoms with E-state index >= 15 is 0 Å². The molecule has 1 aromatic heterocycles. The number of carbonyl (C=O) groups is 1. The molecule has 0 saturated heterocycles. The van der Waals surface area contributed by atoms with Gasteiger partial charge in [0, 0.05) is 11.6 Å². The highest BCUT2D eigenvalue weighted by Crippen LogP contribution is 2.17. The van der Waals surface area contributed by atoms with Crippen LogP contribution in [0.1, 0.15) is 11.1 Å². The second kappa shape index (κ2) is 9.34. The Morgan fingerprint density at radius 2 is 1.68 bits per heavy atom. The van der Waals surface area contributed by atoms with Gasteiger partial charge >= 0.3 is 0 Å². The van der Waals surface area contributed by atoms with Gasteiger partial charge in [-0.2, -0.15) is 4.72 Å². The number of halogens is 1. The van der Waals surface area contributed by atoms with Gasteiger partial charge in [0.25, 0.3) is 10.0 Å². The summed E-state index contributed by atoms with van der Waals surface area (Å²) in [6.07, 6.45) is 0.248. The van der Waals surface area contributed by atoms with E-state index in [0.29, 0.717) is 5.02 Å². The van der Waals surface area contributed by atoms with Crippen molar-refractivity contribution in [2.45, 2.75) is 23.2 Å². The van der Waals surface area contributed by atoms with Gasteiger partial charge in [-0.05, 0) is 41.1 Å². The normalized spacial score (nSPS) is 12.5. The number of hydrogen-bond acceptors (Lipinski definition) is 4. The van der Waals surface area contributed by atoms with Gasteiger partial charge in [-0.15, -0.1) is 11.3 Å². The summed E-state index contributed by atoms with van der Waals surface area (Å²) in [7, 11) is -3.78. The van der Waals surface area contributed by atoms with E-state index in [1.54, 1.807) is 23.6 Å². The molecule has 0 aliphatic rings. The lowest BCUT2D eigenvalue weighted by molar-refractivity contribution is -0.122. The molecular formula is C20H19ClN2O3S2. The molecule has 146 valence electrons. The number of sulfonamides is 1. The number of rotatable bonds is 8. The van der Waals surface area contributed by atoms with Gasteiger partial charge < -0.3 is 5.32 Å². The van der Waals surface area contributed by atoms with Crippen LogP contribution in [0.5, 0.6) is 0 Å². The van der Waals surface area contributed by atoms with Crippen LogP contribution in [0.2, 0.25) is 5.02 Å². The fourth-order valence-corrected chi connectivity index (χ4v) is 4.94. The van der Waals surface area contributed by atoms with Gasteiger partial charge in [-0.25, -0.2) is 8.42 Å². The van der Waals surface area contributed by atoms with E-state index in [-0.39, 0.29) is 23.1 Å². The molecule has 0 radical (unpaired) electrons. The summed E-state index contributed by atoms with van der Waals surface area (Å²) < 4.78 is 27.9. The molecule has 0 aliphatic carbocycles. The third-order valence-electron chi connectivity index (χ3n) is 4.04. The predicted octanol–water partition coefficient (Wildman–Crippen LogP) is 3.61. The summed E-state index contributed by atoms with van der Waals surface area (Å²) in [5.41, 5.74) is 1.74. The molecule has 3 rings (SSSR count). The monoisotopic (exact) mass is 434 g/mol. The summed E-state index contributed by atoms with van der Waals surface area (Å²) in [5, 5.41) is 5.09. The molecule has 0 aliphatic heterocycles. The molecule has 0 saturated carbocycles. The first-order valence-electron chi connectivity index (χ1n) is 8.56. The molecular weight excluding hydrogens is 416 g/mol. The summed E-state index contributed by atoms with van der Waals surface area (Å²) in [4.78, 5) is 12.8. The number of hydrogen-bond donors (Lipinski definition) is 2. The topological polar surface area (TPSA) is 75.3 Å². The van der Waals surface area contributed by atoms with Crippen LogP contribution in [-0.4, -0.2) is 20.4 Å². The Balaban J connectivity index is 1.74. The van der Waals surface area contributed by atoms with Crippen molar-refractivity contribution in [2.75, 3.05) is 0 Å². The van der Waals surface area contributed by atoms with Crippen LogP contribution < -0.4 is 10.0 Å². The minimum atomic E-state index is -3.78. The fraction of sp³-hybridized carbons (Fsp3) is 0.150. The minimum absolute atomic E-state index is 0.177. The van der Waals surface area contributed by atoms with Crippen LogP contribution >= 0.6 is 22.9 Å². The molecule has 3 aromatic rings. The van der Waals surface area contributed by atoms with Crippen LogP contribution in [0, 0.1) is 0 Å². The molecule has 1 amide bonds. The van der Waals surface area contributed by atoms with Crippen LogP contribution in [0.4, 0.5) is 0 Å². The van der Waals surface area contributed by atoms with Crippen molar-refractivity contribution in [3.63, 3.8) is 0 Å². The molecule has 0 fully saturated rings. The van der Waals surface area contributed by atoms with Crippen molar-refractivity contribution in [3.8, 4) is 0 Å². The average Bonchev–Trinajstić information content (AvgIpc) is 3.23. The molecule has 5 nitrogen and oxygen atoms in total. The summed E-state index contributed by atoms with van der Waals surface area (Å²) in [6, 6.07) is 18.6. The van der Waals surface area contributed by atoms with Gasteiger partial charge in [0.15, 0.2) is 0 Å². The van der Waals surface area contributed by atoms with E-state index in [0.717, 1.165) is 22.5 Å². The van der Waals surface area contributed by atoms with Crippen molar-refractivity contribution in [2.24, 2.45) is 0 Å². The quantitative estimate of drug-likeness (QED) is 0.568. The van der Waals surface area contributed by atoms with E-state index in [2.05, 4.69) is 10.0 Å². The van der Waals surface area contributed by atoms with Crippen molar-refractivity contribution >= 4 is 38.9 Å². The van der Waals surface area contributed by atoms with Crippen LogP contribution in [0.3, 0.4) is 0 Å². The molecule has 0 bridgehead atoms. The van der Waals surface area contributed by atoms with E-state index in [1.807, 2.05) is 42.5 Å². The highest BCUT2D eigenvalue weighted by molar-refractivity contribution is 7.91. The second-order valence-corrected chi connectivity index (χ2v) is 9.46. The molecule has 8 heteroatoms. The number of amides is 1. The Morgan fingerprint density at radius 3 is 2.32 bits per heavy atom. The summed E-state index contributed by atoms with van der Waals surface area (Å²) in [5.74, 6) is -0.390. The lowest BCUT2D eigenvalue weighted by Crippen LogP contribution is -2.47. The summed E-state index contributed by atoms with van der Waals surface area (Å²) in [6.45, 7) is 0.280. The average molecular weight is 435 g/mol. The van der Waals surface area contributed by atoms with Gasteiger partial charge in [0.1, 0.15) is 10.3 Å². The van der Waals surface area contributed by atoms with Crippen LogP contribution in [-0.2, 0) is 27.8 Å². The third-order valence-corrected chi connectivity index (χ3v) is 7.16. The maximum atomic E-state index is 12.8. The highest BCUT2D eigenvalue weighted by Gasteiger charge is 2.26. The standard InChI is InChI=1S/C20H19ClN2O3S2/c21-17-10-8-16(9-11-17)14-22-20(24)18(13-15-5-2-1-3-6-15)23-28(25,26)19-7-4-12-27-19/h1-12,18,23H,13-14H2,(H,22,24)/t18-/m0/s1. The Morgan fingerprint density at radius 1 is 0.964 bits per heavy atom. The Kier molecular flexibility index (Phi) is 6.85. The molecule has 1 atom stereocenters. The van der Waals surface area contributed by atoms with Gasteiger partial charge in [0.2, 0.25) is 5.91 Å². The largest absolute Gasteiger partial charge is 0.351 e. The SMILES string of the molecule is O=C(NCc1ccc(Cl)cc1)[C@H](Cc1ccccc1)NS(=O)(=O)c1cccs1. The zero-order chi connectivity index (χ0) is 20.0. The van der Waals surface area contributed by atoms with E-state index < -0.39 is 16.1 Å². The van der Waals surface area contributed by atoms with Crippen molar-refractivity contribution in [3.05, 3.63) is 88.3 Å². The molecule has 1 heterocycles. The minimum Gasteiger partial charge on any atom is -0.351 e. The zero-order valence-electron chi connectivity index (χ0n) is 14.8. The first-order chi connectivity index (χ1) is 13.4. The smallest absolute Gasteiger partial charge is 0.250 e. The summed E-state index contributed by atoms with van der Waals surface area (Å²) >= 11 is 6.98. The number of benzene rings is 2. The number of nitrogens with one attached hydrogen (secondary N) is 2. The second-order valence-electron chi connectivity index (χ2n) is 6.14. The maximum Gasteiger partial charge on any atom is 0.250 e. The molecule has 28 heavy (non-hydrogen) atoms. The number of carbonyl (C=O) groups excluding carboxylic acids is 1. The van der Waals surface area contributed by atoms with Crippen molar-refractivity contribution in [1.29, 1.82) is 0 Å². The Hall–Kier alpha value is -2.19. The first kappa shape index (κ1) is 20.5. The van der Waals surface area contributed by atoms with Gasteiger partial charge in [-0.1, -0.05) is 60.1 Å². The molecule has 0 unspecified atom stereocenters. The lowest BCUT2D eigenvalue weighted by Gasteiger charge is -2.18. The van der Waals surface area contributed by atoms with Crippen molar-refractivity contribution < 1.29 is 13.2 Å². The van der Waals surface area contributed by atoms with E-state index in [9.17, 15) is 13.2 Å². The van der Waals surface area contributed by atoms with Gasteiger partial charge in [0.05, 0.1) is 0 Å². The van der Waals surface area contributed by atoms with E-state index in [1.165, 1.54) is 6.07 Å². The van der Waals surface area contributed by atoms with Crippen molar-refractivity contribution in [1.82, 2.24) is 10.0 Å². The zero-order valence-corrected chi connectivity index (χ0v) is 17.2. The lowest BCUT2D eigenvalue weighted by atomic mass is 10.1. The van der Waals surface area contributed by atoms with Crippen LogP contribution in [0.15, 0.2) is 76.3 Å². The highest BCUT2D eigenvalue weighted by atomic mass is 35.5. The van der Waals surface area contributed by atoms with Crippen LogP contribution in [0.25, 0.3) is 0 Å². The number of thiophene rings is 1. The maximum absolute atomic E-state index is 12.8. The molecule has 2 aromatic carbocycles. The third kappa shape index (κ3) is 5.65. The first-order valence-corrected chi connectivity index (χ1v) is 11.3. The Labute approximate surface area is 173 Å².